The van der Waals surface area contributed by atoms with Crippen LogP contribution in [-0.4, -0.2) is 6.29 Å². The van der Waals surface area contributed by atoms with E-state index < -0.39 is 5.82 Å². The zero-order valence-corrected chi connectivity index (χ0v) is 9.54. The minimum absolute atomic E-state index is 0.0516. The fraction of sp³-hybridized carbons (Fsp3) is 0. The summed E-state index contributed by atoms with van der Waals surface area (Å²) in [4.78, 5) is 10.7. The summed E-state index contributed by atoms with van der Waals surface area (Å²) in [5.41, 5.74) is 7.66. The fourth-order valence-corrected chi connectivity index (χ4v) is 1.76. The minimum Gasteiger partial charge on any atom is -0.399 e. The molecule has 0 aliphatic rings. The minimum atomic E-state index is -0.694. The first-order valence-corrected chi connectivity index (χ1v) is 5.30. The second-order valence-electron chi connectivity index (χ2n) is 3.60. The maximum absolute atomic E-state index is 13.4. The summed E-state index contributed by atoms with van der Waals surface area (Å²) in [6, 6.07) is 9.97. The van der Waals surface area contributed by atoms with Gasteiger partial charge in [0.15, 0.2) is 12.1 Å². The molecule has 2 aromatic rings. The number of hydrogen-bond donors (Lipinski definition) is 1. The summed E-state index contributed by atoms with van der Waals surface area (Å²) >= 11 is 5.72. The van der Waals surface area contributed by atoms with E-state index in [1.165, 1.54) is 12.1 Å². The third kappa shape index (κ3) is 2.29. The number of anilines is 1. The Labute approximate surface area is 103 Å². The van der Waals surface area contributed by atoms with Crippen LogP contribution in [0.25, 0.3) is 11.1 Å². The second-order valence-corrected chi connectivity index (χ2v) is 4.01. The van der Waals surface area contributed by atoms with E-state index >= 15 is 0 Å². The number of hydrogen-bond acceptors (Lipinski definition) is 2. The molecule has 0 unspecified atom stereocenters. The molecule has 0 bridgehead atoms. The smallest absolute Gasteiger partial charge is 0.153 e. The summed E-state index contributed by atoms with van der Waals surface area (Å²) in [6.07, 6.45) is 0.446. The zero-order chi connectivity index (χ0) is 12.4. The van der Waals surface area contributed by atoms with Gasteiger partial charge >= 0.3 is 0 Å². The molecular formula is C13H9ClFNO. The lowest BCUT2D eigenvalue weighted by molar-refractivity contribution is 0.112. The van der Waals surface area contributed by atoms with Crippen molar-refractivity contribution in [3.63, 3.8) is 0 Å². The molecule has 0 radical (unpaired) electrons. The highest BCUT2D eigenvalue weighted by atomic mass is 35.5. The summed E-state index contributed by atoms with van der Waals surface area (Å²) in [6.45, 7) is 0. The Morgan fingerprint density at radius 2 is 1.76 bits per heavy atom. The van der Waals surface area contributed by atoms with Crippen LogP contribution in [-0.2, 0) is 0 Å². The highest BCUT2D eigenvalue weighted by molar-refractivity contribution is 6.31. The van der Waals surface area contributed by atoms with E-state index in [1.54, 1.807) is 24.3 Å². The van der Waals surface area contributed by atoms with Gasteiger partial charge in [0.2, 0.25) is 0 Å². The van der Waals surface area contributed by atoms with E-state index in [0.717, 1.165) is 5.56 Å². The van der Waals surface area contributed by atoms with Crippen LogP contribution in [0.2, 0.25) is 5.02 Å². The van der Waals surface area contributed by atoms with Crippen molar-refractivity contribution in [3.05, 3.63) is 52.8 Å². The Kier molecular flexibility index (Phi) is 3.11. The molecule has 86 valence electrons. The highest BCUT2D eigenvalue weighted by Crippen LogP contribution is 2.27. The quantitative estimate of drug-likeness (QED) is 0.653. The summed E-state index contributed by atoms with van der Waals surface area (Å²) in [7, 11) is 0. The maximum atomic E-state index is 13.4. The molecule has 0 spiro atoms. The third-order valence-corrected chi connectivity index (χ3v) is 2.70. The van der Waals surface area contributed by atoms with Crippen molar-refractivity contribution in [1.82, 2.24) is 0 Å². The van der Waals surface area contributed by atoms with Crippen LogP contribution in [0.5, 0.6) is 0 Å². The molecule has 2 N–H and O–H groups in total. The van der Waals surface area contributed by atoms with Gasteiger partial charge in [0.1, 0.15) is 0 Å². The largest absolute Gasteiger partial charge is 0.399 e. The van der Waals surface area contributed by atoms with E-state index in [-0.39, 0.29) is 10.6 Å². The van der Waals surface area contributed by atoms with Gasteiger partial charge in [-0.05, 0) is 35.4 Å². The number of rotatable bonds is 2. The number of benzene rings is 2. The summed E-state index contributed by atoms with van der Waals surface area (Å²) in [5, 5.41) is -0.0681. The predicted molar refractivity (Wildman–Crippen MR) is 66.6 cm³/mol. The van der Waals surface area contributed by atoms with Crippen molar-refractivity contribution in [2.45, 2.75) is 0 Å². The number of halogens is 2. The molecule has 0 aliphatic heterocycles. The van der Waals surface area contributed by atoms with Crippen molar-refractivity contribution in [1.29, 1.82) is 0 Å². The summed E-state index contributed by atoms with van der Waals surface area (Å²) < 4.78 is 13.4. The van der Waals surface area contributed by atoms with Gasteiger partial charge in [-0.25, -0.2) is 4.39 Å². The van der Waals surface area contributed by atoms with E-state index in [2.05, 4.69) is 0 Å². The Balaban J connectivity index is 2.56. The van der Waals surface area contributed by atoms with E-state index in [1.807, 2.05) is 0 Å². The zero-order valence-electron chi connectivity index (χ0n) is 8.78. The number of nitrogens with two attached hydrogens (primary N) is 1. The predicted octanol–water partition coefficient (Wildman–Crippen LogP) is 3.54. The van der Waals surface area contributed by atoms with Crippen LogP contribution in [0.3, 0.4) is 0 Å². The lowest BCUT2D eigenvalue weighted by Crippen LogP contribution is -1.91. The Hall–Kier alpha value is -1.87. The first kappa shape index (κ1) is 11.6. The third-order valence-electron chi connectivity index (χ3n) is 2.43. The van der Waals surface area contributed by atoms with Crippen molar-refractivity contribution in [2.75, 3.05) is 5.73 Å². The SMILES string of the molecule is Nc1ccc(-c2cc(Cl)c(F)c(C=O)c2)cc1. The second kappa shape index (κ2) is 4.55. The molecular weight excluding hydrogens is 241 g/mol. The highest BCUT2D eigenvalue weighted by Gasteiger charge is 2.09. The lowest BCUT2D eigenvalue weighted by Gasteiger charge is -2.05. The monoisotopic (exact) mass is 249 g/mol. The van der Waals surface area contributed by atoms with Gasteiger partial charge in [-0.15, -0.1) is 0 Å². The van der Waals surface area contributed by atoms with Gasteiger partial charge in [0, 0.05) is 5.69 Å². The van der Waals surface area contributed by atoms with Crippen LogP contribution in [0.1, 0.15) is 10.4 Å². The fourth-order valence-electron chi connectivity index (χ4n) is 1.54. The lowest BCUT2D eigenvalue weighted by atomic mass is 10.0. The van der Waals surface area contributed by atoms with Crippen LogP contribution in [0.4, 0.5) is 10.1 Å². The van der Waals surface area contributed by atoms with Crippen molar-refractivity contribution >= 4 is 23.6 Å². The summed E-state index contributed by atoms with van der Waals surface area (Å²) in [5.74, 6) is -0.694. The van der Waals surface area contributed by atoms with Crippen LogP contribution < -0.4 is 5.73 Å². The topological polar surface area (TPSA) is 43.1 Å². The molecule has 2 aromatic carbocycles. The van der Waals surface area contributed by atoms with E-state index in [4.69, 9.17) is 17.3 Å². The van der Waals surface area contributed by atoms with Gasteiger partial charge < -0.3 is 5.73 Å². The van der Waals surface area contributed by atoms with Gasteiger partial charge in [-0.2, -0.15) is 0 Å². The first-order chi connectivity index (χ1) is 8.11. The number of aldehydes is 1. The van der Waals surface area contributed by atoms with Gasteiger partial charge in [0.05, 0.1) is 10.6 Å². The van der Waals surface area contributed by atoms with Crippen molar-refractivity contribution < 1.29 is 9.18 Å². The molecule has 0 saturated heterocycles. The molecule has 0 aliphatic carbocycles. The van der Waals surface area contributed by atoms with E-state index in [9.17, 15) is 9.18 Å². The molecule has 2 rings (SSSR count). The van der Waals surface area contributed by atoms with Crippen LogP contribution in [0, 0.1) is 5.82 Å². The molecule has 0 heterocycles. The molecule has 0 amide bonds. The van der Waals surface area contributed by atoms with Crippen LogP contribution in [0.15, 0.2) is 36.4 Å². The number of nitrogen functional groups attached to an aromatic ring is 1. The van der Waals surface area contributed by atoms with E-state index in [0.29, 0.717) is 17.5 Å². The van der Waals surface area contributed by atoms with Crippen LogP contribution >= 0.6 is 11.6 Å². The Bertz CT molecular complexity index is 566. The standard InChI is InChI=1S/C13H9ClFNO/c14-12-6-9(5-10(7-17)13(12)15)8-1-3-11(16)4-2-8/h1-7H,16H2. The molecule has 0 fully saturated rings. The number of carbonyl (C=O) groups excluding carboxylic acids is 1. The van der Waals surface area contributed by atoms with Crippen molar-refractivity contribution in [3.8, 4) is 11.1 Å². The molecule has 4 heteroatoms. The average Bonchev–Trinajstić information content (AvgIpc) is 2.33. The number of carbonyl (C=O) groups is 1. The molecule has 0 aromatic heterocycles. The first-order valence-electron chi connectivity index (χ1n) is 4.92. The Morgan fingerprint density at radius 1 is 1.12 bits per heavy atom. The van der Waals surface area contributed by atoms with Gasteiger partial charge in [0.25, 0.3) is 0 Å². The maximum Gasteiger partial charge on any atom is 0.153 e. The van der Waals surface area contributed by atoms with Gasteiger partial charge in [-0.3, -0.25) is 4.79 Å². The normalized spacial score (nSPS) is 10.2. The van der Waals surface area contributed by atoms with Crippen molar-refractivity contribution in [2.24, 2.45) is 0 Å². The molecule has 2 nitrogen and oxygen atoms in total. The molecule has 0 saturated carbocycles. The van der Waals surface area contributed by atoms with Gasteiger partial charge in [-0.1, -0.05) is 23.7 Å². The molecule has 17 heavy (non-hydrogen) atoms. The molecule has 0 atom stereocenters. The average molecular weight is 250 g/mol. The Morgan fingerprint density at radius 3 is 2.35 bits per heavy atom.